The Hall–Kier alpha value is -2.29. The van der Waals surface area contributed by atoms with Gasteiger partial charge in [0.1, 0.15) is 24.9 Å². The van der Waals surface area contributed by atoms with Crippen molar-refractivity contribution < 1.29 is 9.18 Å². The maximum Gasteiger partial charge on any atom is 0.244 e. The van der Waals surface area contributed by atoms with Crippen molar-refractivity contribution in [3.63, 3.8) is 0 Å². The molecule has 1 N–H and O–H groups in total. The number of hydrogen-bond donors (Lipinski definition) is 1. The molecule has 0 bridgehead atoms. The molecule has 0 unspecified atom stereocenters. The second kappa shape index (κ2) is 7.08. The number of likely N-dealkylation sites (tertiary alicyclic amines) is 1. The topological polar surface area (TPSA) is 80.9 Å². The van der Waals surface area contributed by atoms with E-state index in [-0.39, 0.29) is 11.9 Å². The van der Waals surface area contributed by atoms with Crippen molar-refractivity contribution in [2.24, 2.45) is 7.05 Å². The number of aromatic nitrogens is 5. The SMILES string of the molecule is C[C@@H](C(=O)NC[C@@H]1C[C@H](F)CN1Cc1ccnn1C)n1cncn1. The van der Waals surface area contributed by atoms with E-state index in [1.807, 2.05) is 13.1 Å². The first-order valence-electron chi connectivity index (χ1n) is 8.01. The summed E-state index contributed by atoms with van der Waals surface area (Å²) in [6, 6.07) is 1.45. The van der Waals surface area contributed by atoms with Crippen LogP contribution in [0.5, 0.6) is 0 Å². The Morgan fingerprint density at radius 1 is 1.50 bits per heavy atom. The van der Waals surface area contributed by atoms with Crippen molar-refractivity contribution in [2.75, 3.05) is 13.1 Å². The van der Waals surface area contributed by atoms with Gasteiger partial charge in [0.05, 0.1) is 5.69 Å². The zero-order valence-electron chi connectivity index (χ0n) is 13.8. The maximum absolute atomic E-state index is 13.9. The fraction of sp³-hybridized carbons (Fsp3) is 0.600. The van der Waals surface area contributed by atoms with E-state index in [0.717, 1.165) is 5.69 Å². The first-order chi connectivity index (χ1) is 11.5. The number of carbonyl (C=O) groups excluding carboxylic acids is 1. The Morgan fingerprint density at radius 2 is 2.33 bits per heavy atom. The van der Waals surface area contributed by atoms with Gasteiger partial charge >= 0.3 is 0 Å². The lowest BCUT2D eigenvalue weighted by atomic mass is 10.2. The van der Waals surface area contributed by atoms with Crippen LogP contribution < -0.4 is 5.32 Å². The number of hydrogen-bond acceptors (Lipinski definition) is 5. The van der Waals surface area contributed by atoms with E-state index in [4.69, 9.17) is 0 Å². The van der Waals surface area contributed by atoms with Gasteiger partial charge in [-0.1, -0.05) is 0 Å². The van der Waals surface area contributed by atoms with Gasteiger partial charge in [-0.05, 0) is 19.4 Å². The molecule has 1 fully saturated rings. The number of halogens is 1. The van der Waals surface area contributed by atoms with Gasteiger partial charge in [-0.15, -0.1) is 0 Å². The van der Waals surface area contributed by atoms with Gasteiger partial charge in [0.15, 0.2) is 0 Å². The first-order valence-corrected chi connectivity index (χ1v) is 8.01. The normalized spacial score (nSPS) is 22.6. The number of aryl methyl sites for hydroxylation is 1. The Bertz CT molecular complexity index is 671. The van der Waals surface area contributed by atoms with Crippen LogP contribution in [0.1, 0.15) is 25.1 Å². The van der Waals surface area contributed by atoms with Gasteiger partial charge in [-0.3, -0.25) is 14.4 Å². The Balaban J connectivity index is 1.56. The van der Waals surface area contributed by atoms with Crippen molar-refractivity contribution in [1.29, 1.82) is 0 Å². The van der Waals surface area contributed by atoms with E-state index in [9.17, 15) is 9.18 Å². The summed E-state index contributed by atoms with van der Waals surface area (Å²) < 4.78 is 17.1. The number of nitrogens with zero attached hydrogens (tertiary/aromatic N) is 6. The van der Waals surface area contributed by atoms with E-state index in [1.54, 1.807) is 17.8 Å². The van der Waals surface area contributed by atoms with E-state index in [2.05, 4.69) is 25.4 Å². The van der Waals surface area contributed by atoms with Crippen molar-refractivity contribution in [3.8, 4) is 0 Å². The highest BCUT2D eigenvalue weighted by molar-refractivity contribution is 5.79. The van der Waals surface area contributed by atoms with Crippen molar-refractivity contribution in [2.45, 2.75) is 38.1 Å². The minimum Gasteiger partial charge on any atom is -0.353 e. The summed E-state index contributed by atoms with van der Waals surface area (Å²) in [6.07, 6.45) is 4.19. The zero-order chi connectivity index (χ0) is 17.1. The van der Waals surface area contributed by atoms with E-state index in [0.29, 0.717) is 26.1 Å². The summed E-state index contributed by atoms with van der Waals surface area (Å²) in [7, 11) is 1.87. The molecule has 3 heterocycles. The highest BCUT2D eigenvalue weighted by atomic mass is 19.1. The predicted octanol–water partition coefficient (Wildman–Crippen LogP) is 0.301. The van der Waals surface area contributed by atoms with Gasteiger partial charge in [0.2, 0.25) is 5.91 Å². The van der Waals surface area contributed by atoms with Crippen molar-refractivity contribution in [1.82, 2.24) is 34.8 Å². The van der Waals surface area contributed by atoms with Gasteiger partial charge in [-0.2, -0.15) is 10.2 Å². The fourth-order valence-corrected chi connectivity index (χ4v) is 3.00. The molecule has 0 spiro atoms. The third kappa shape index (κ3) is 3.61. The third-order valence-electron chi connectivity index (χ3n) is 4.49. The van der Waals surface area contributed by atoms with Crippen LogP contribution in [0.4, 0.5) is 4.39 Å². The molecule has 1 saturated heterocycles. The summed E-state index contributed by atoms with van der Waals surface area (Å²) in [5.74, 6) is -0.150. The van der Waals surface area contributed by atoms with Crippen LogP contribution in [-0.4, -0.2) is 60.7 Å². The van der Waals surface area contributed by atoms with E-state index >= 15 is 0 Å². The molecule has 0 radical (unpaired) electrons. The molecule has 1 amide bonds. The lowest BCUT2D eigenvalue weighted by Crippen LogP contribution is -2.42. The molecule has 0 aromatic carbocycles. The number of rotatable bonds is 6. The van der Waals surface area contributed by atoms with Crippen LogP contribution in [0.2, 0.25) is 0 Å². The summed E-state index contributed by atoms with van der Waals surface area (Å²) in [4.78, 5) is 18.1. The molecule has 24 heavy (non-hydrogen) atoms. The molecule has 0 saturated carbocycles. The lowest BCUT2D eigenvalue weighted by Gasteiger charge is -2.24. The number of amides is 1. The monoisotopic (exact) mass is 335 g/mol. The molecule has 3 atom stereocenters. The molecule has 130 valence electrons. The Kier molecular flexibility index (Phi) is 4.89. The molecule has 2 aromatic rings. The highest BCUT2D eigenvalue weighted by Crippen LogP contribution is 2.22. The maximum atomic E-state index is 13.9. The number of alkyl halides is 1. The second-order valence-electron chi connectivity index (χ2n) is 6.16. The zero-order valence-corrected chi connectivity index (χ0v) is 13.8. The van der Waals surface area contributed by atoms with Crippen LogP contribution in [0.25, 0.3) is 0 Å². The molecule has 3 rings (SSSR count). The molecular formula is C15H22FN7O. The molecule has 9 heteroatoms. The minimum atomic E-state index is -0.868. The summed E-state index contributed by atoms with van der Waals surface area (Å²) in [5, 5.41) is 11.0. The van der Waals surface area contributed by atoms with Crippen LogP contribution in [0.3, 0.4) is 0 Å². The third-order valence-corrected chi connectivity index (χ3v) is 4.49. The van der Waals surface area contributed by atoms with Gasteiger partial charge in [0.25, 0.3) is 0 Å². The summed E-state index contributed by atoms with van der Waals surface area (Å²) in [6.45, 7) is 3.17. The molecular weight excluding hydrogens is 313 g/mol. The predicted molar refractivity (Wildman–Crippen MR) is 84.7 cm³/mol. The Morgan fingerprint density at radius 3 is 3.00 bits per heavy atom. The van der Waals surface area contributed by atoms with Crippen LogP contribution >= 0.6 is 0 Å². The standard InChI is InChI=1S/C15H22FN7O/c1-11(23-10-17-9-20-23)15(24)18-6-14-5-12(16)7-22(14)8-13-3-4-19-21(13)2/h3-4,9-12,14H,5-8H2,1-2H3,(H,18,24)/t11-,12-,14-/m0/s1. The Labute approximate surface area is 139 Å². The quantitative estimate of drug-likeness (QED) is 0.821. The van der Waals surface area contributed by atoms with Gasteiger partial charge in [0, 0.05) is 38.9 Å². The molecule has 1 aliphatic rings. The average molecular weight is 335 g/mol. The van der Waals surface area contributed by atoms with Gasteiger partial charge < -0.3 is 5.32 Å². The largest absolute Gasteiger partial charge is 0.353 e. The first kappa shape index (κ1) is 16.6. The van der Waals surface area contributed by atoms with Crippen molar-refractivity contribution >= 4 is 5.91 Å². The molecule has 8 nitrogen and oxygen atoms in total. The van der Waals surface area contributed by atoms with Gasteiger partial charge in [-0.25, -0.2) is 14.1 Å². The van der Waals surface area contributed by atoms with Crippen molar-refractivity contribution in [3.05, 3.63) is 30.6 Å². The summed E-state index contributed by atoms with van der Waals surface area (Å²) >= 11 is 0. The van der Waals surface area contributed by atoms with Crippen LogP contribution in [-0.2, 0) is 18.4 Å². The minimum absolute atomic E-state index is 0.0261. The van der Waals surface area contributed by atoms with Crippen LogP contribution in [0.15, 0.2) is 24.9 Å². The van der Waals surface area contributed by atoms with Crippen LogP contribution in [0, 0.1) is 0 Å². The average Bonchev–Trinajstić information content (AvgIpc) is 3.28. The van der Waals surface area contributed by atoms with E-state index in [1.165, 1.54) is 17.3 Å². The number of carbonyl (C=O) groups is 1. The number of nitrogens with one attached hydrogen (secondary N) is 1. The fourth-order valence-electron chi connectivity index (χ4n) is 3.00. The van der Waals surface area contributed by atoms with E-state index < -0.39 is 12.2 Å². The smallest absolute Gasteiger partial charge is 0.244 e. The lowest BCUT2D eigenvalue weighted by molar-refractivity contribution is -0.124. The molecule has 0 aliphatic carbocycles. The highest BCUT2D eigenvalue weighted by Gasteiger charge is 2.33. The molecule has 1 aliphatic heterocycles. The second-order valence-corrected chi connectivity index (χ2v) is 6.16. The summed E-state index contributed by atoms with van der Waals surface area (Å²) in [5.41, 5.74) is 1.02. The molecule has 2 aromatic heterocycles.